The summed E-state index contributed by atoms with van der Waals surface area (Å²) in [6.07, 6.45) is 3.36. The van der Waals surface area contributed by atoms with Crippen LogP contribution in [0.4, 0.5) is 0 Å². The molecule has 0 radical (unpaired) electrons. The molecule has 2 aromatic rings. The zero-order valence-corrected chi connectivity index (χ0v) is 15.5. The number of thiazole rings is 1. The maximum atomic E-state index is 12.8. The van der Waals surface area contributed by atoms with Crippen molar-refractivity contribution in [2.45, 2.75) is 45.8 Å². The average Bonchev–Trinajstić information content (AvgIpc) is 2.95. The lowest BCUT2D eigenvalue weighted by Crippen LogP contribution is -2.41. The number of carbonyl (C=O) groups excluding carboxylic acids is 1. The number of piperidine rings is 1. The van der Waals surface area contributed by atoms with Gasteiger partial charge >= 0.3 is 0 Å². The Morgan fingerprint density at radius 1 is 1.38 bits per heavy atom. The van der Waals surface area contributed by atoms with Gasteiger partial charge in [0.25, 0.3) is 5.91 Å². The van der Waals surface area contributed by atoms with Crippen molar-refractivity contribution < 1.29 is 9.53 Å². The molecule has 6 heteroatoms. The van der Waals surface area contributed by atoms with Gasteiger partial charge in [-0.1, -0.05) is 11.6 Å². The molecule has 3 rings (SSSR count). The zero-order chi connectivity index (χ0) is 17.1. The number of hydrogen-bond donors (Lipinski definition) is 0. The van der Waals surface area contributed by atoms with Crippen LogP contribution >= 0.6 is 22.9 Å². The summed E-state index contributed by atoms with van der Waals surface area (Å²) in [6.45, 7) is 5.21. The van der Waals surface area contributed by atoms with E-state index in [-0.39, 0.29) is 5.91 Å². The van der Waals surface area contributed by atoms with Crippen molar-refractivity contribution in [3.8, 4) is 5.75 Å². The molecule has 1 aliphatic rings. The van der Waals surface area contributed by atoms with Crippen LogP contribution in [0.15, 0.2) is 24.3 Å². The number of likely N-dealkylation sites (tertiary alicyclic amines) is 1. The van der Waals surface area contributed by atoms with Crippen molar-refractivity contribution >= 4 is 28.8 Å². The van der Waals surface area contributed by atoms with Gasteiger partial charge in [-0.3, -0.25) is 4.79 Å². The highest BCUT2D eigenvalue weighted by molar-refractivity contribution is 7.13. The fraction of sp³-hybridized carbons (Fsp3) is 0.444. The normalized spacial score (nSPS) is 17.8. The van der Waals surface area contributed by atoms with E-state index in [1.807, 2.05) is 24.0 Å². The number of hydrogen-bond acceptors (Lipinski definition) is 4. The molecule has 0 spiro atoms. The molecule has 0 saturated carbocycles. The van der Waals surface area contributed by atoms with Crippen LogP contribution in [-0.4, -0.2) is 28.4 Å². The minimum absolute atomic E-state index is 0.106. The minimum Gasteiger partial charge on any atom is -0.486 e. The molecule has 1 unspecified atom stereocenters. The summed E-state index contributed by atoms with van der Waals surface area (Å²) in [5.74, 6) is 0.847. The second kappa shape index (κ2) is 7.53. The first-order valence-corrected chi connectivity index (χ1v) is 9.39. The lowest BCUT2D eigenvalue weighted by molar-refractivity contribution is 0.0639. The van der Waals surface area contributed by atoms with Crippen LogP contribution in [0.2, 0.25) is 5.02 Å². The summed E-state index contributed by atoms with van der Waals surface area (Å²) in [4.78, 5) is 20.0. The quantitative estimate of drug-likeness (QED) is 0.789. The summed E-state index contributed by atoms with van der Waals surface area (Å²) >= 11 is 7.30. The van der Waals surface area contributed by atoms with Crippen molar-refractivity contribution in [1.82, 2.24) is 9.88 Å². The van der Waals surface area contributed by atoms with Gasteiger partial charge in [-0.2, -0.15) is 0 Å². The Morgan fingerprint density at radius 3 is 2.83 bits per heavy atom. The van der Waals surface area contributed by atoms with Gasteiger partial charge in [0, 0.05) is 17.6 Å². The third kappa shape index (κ3) is 3.90. The van der Waals surface area contributed by atoms with E-state index in [1.54, 1.807) is 12.1 Å². The first-order chi connectivity index (χ1) is 11.5. The second-order valence-electron chi connectivity index (χ2n) is 6.11. The average molecular weight is 365 g/mol. The molecule has 4 nitrogen and oxygen atoms in total. The van der Waals surface area contributed by atoms with Crippen LogP contribution in [0, 0.1) is 6.92 Å². The summed E-state index contributed by atoms with van der Waals surface area (Å²) in [5, 5.41) is 1.49. The lowest BCUT2D eigenvalue weighted by Gasteiger charge is -2.33. The highest BCUT2D eigenvalue weighted by Crippen LogP contribution is 2.25. The van der Waals surface area contributed by atoms with E-state index in [4.69, 9.17) is 16.3 Å². The lowest BCUT2D eigenvalue weighted by atomic mass is 10.0. The number of aromatic nitrogens is 1. The molecular weight excluding hydrogens is 344 g/mol. The van der Waals surface area contributed by atoms with Gasteiger partial charge in [-0.05, 0) is 57.4 Å². The zero-order valence-electron chi connectivity index (χ0n) is 13.9. The van der Waals surface area contributed by atoms with Crippen molar-refractivity contribution in [3.05, 3.63) is 44.9 Å². The predicted molar refractivity (Wildman–Crippen MR) is 97.0 cm³/mol. The number of halogens is 1. The largest absolute Gasteiger partial charge is 0.486 e. The Morgan fingerprint density at radius 2 is 2.12 bits per heavy atom. The minimum atomic E-state index is 0.106. The van der Waals surface area contributed by atoms with E-state index < -0.39 is 0 Å². The van der Waals surface area contributed by atoms with Gasteiger partial charge in [-0.15, -0.1) is 11.3 Å². The number of amides is 1. The van der Waals surface area contributed by atoms with Crippen molar-refractivity contribution in [2.75, 3.05) is 6.54 Å². The van der Waals surface area contributed by atoms with Gasteiger partial charge in [0.1, 0.15) is 22.2 Å². The van der Waals surface area contributed by atoms with E-state index in [0.717, 1.165) is 40.7 Å². The van der Waals surface area contributed by atoms with E-state index in [2.05, 4.69) is 11.9 Å². The standard InChI is InChI=1S/C18H21ClN2O2S/c1-12-5-3-4-10-21(12)18(22)17-13(2)20-16(24-17)11-23-15-8-6-14(19)7-9-15/h6-9,12H,3-5,10-11H2,1-2H3. The number of nitrogens with zero attached hydrogens (tertiary/aromatic N) is 2. The van der Waals surface area contributed by atoms with Crippen LogP contribution in [0.5, 0.6) is 5.75 Å². The van der Waals surface area contributed by atoms with E-state index in [0.29, 0.717) is 17.7 Å². The first kappa shape index (κ1) is 17.2. The Labute approximate surface area is 151 Å². The van der Waals surface area contributed by atoms with E-state index in [1.165, 1.54) is 17.8 Å². The number of rotatable bonds is 4. The number of benzene rings is 1. The second-order valence-corrected chi connectivity index (χ2v) is 7.63. The molecule has 1 fully saturated rings. The maximum Gasteiger partial charge on any atom is 0.266 e. The van der Waals surface area contributed by atoms with E-state index in [9.17, 15) is 4.79 Å². The third-order valence-corrected chi connectivity index (χ3v) is 5.65. The SMILES string of the molecule is Cc1nc(COc2ccc(Cl)cc2)sc1C(=O)N1CCCCC1C. The van der Waals surface area contributed by atoms with Gasteiger partial charge < -0.3 is 9.64 Å². The van der Waals surface area contributed by atoms with Crippen LogP contribution in [-0.2, 0) is 6.61 Å². The third-order valence-electron chi connectivity index (χ3n) is 4.27. The van der Waals surface area contributed by atoms with Crippen LogP contribution in [0.25, 0.3) is 0 Å². The molecule has 2 heterocycles. The fourth-order valence-electron chi connectivity index (χ4n) is 2.92. The Balaban J connectivity index is 1.68. The molecule has 1 aromatic heterocycles. The molecule has 0 aliphatic carbocycles. The summed E-state index contributed by atoms with van der Waals surface area (Å²) in [6, 6.07) is 7.53. The van der Waals surface area contributed by atoms with Gasteiger partial charge in [0.05, 0.1) is 5.69 Å². The molecular formula is C18H21ClN2O2S. The van der Waals surface area contributed by atoms with Crippen LogP contribution < -0.4 is 4.74 Å². The van der Waals surface area contributed by atoms with Crippen molar-refractivity contribution in [3.63, 3.8) is 0 Å². The molecule has 1 saturated heterocycles. The van der Waals surface area contributed by atoms with Gasteiger partial charge in [0.15, 0.2) is 0 Å². The maximum absolute atomic E-state index is 12.8. The van der Waals surface area contributed by atoms with E-state index >= 15 is 0 Å². The molecule has 1 aromatic carbocycles. The van der Waals surface area contributed by atoms with Crippen LogP contribution in [0.3, 0.4) is 0 Å². The number of ether oxygens (including phenoxy) is 1. The first-order valence-electron chi connectivity index (χ1n) is 8.20. The molecule has 1 aliphatic heterocycles. The van der Waals surface area contributed by atoms with Gasteiger partial charge in [0.2, 0.25) is 0 Å². The number of aryl methyl sites for hydroxylation is 1. The van der Waals surface area contributed by atoms with Crippen molar-refractivity contribution in [1.29, 1.82) is 0 Å². The number of carbonyl (C=O) groups is 1. The molecule has 1 atom stereocenters. The summed E-state index contributed by atoms with van der Waals surface area (Å²) in [5.41, 5.74) is 0.789. The molecule has 24 heavy (non-hydrogen) atoms. The molecule has 1 amide bonds. The van der Waals surface area contributed by atoms with Crippen LogP contribution in [0.1, 0.15) is 46.6 Å². The Bertz CT molecular complexity index is 714. The predicted octanol–water partition coefficient (Wildman–Crippen LogP) is 4.70. The van der Waals surface area contributed by atoms with Gasteiger partial charge in [-0.25, -0.2) is 4.98 Å². The fourth-order valence-corrected chi connectivity index (χ4v) is 3.98. The highest BCUT2D eigenvalue weighted by atomic mass is 35.5. The smallest absolute Gasteiger partial charge is 0.266 e. The highest BCUT2D eigenvalue weighted by Gasteiger charge is 2.27. The Kier molecular flexibility index (Phi) is 5.41. The summed E-state index contributed by atoms with van der Waals surface area (Å²) in [7, 11) is 0. The Hall–Kier alpha value is -1.59. The molecule has 128 valence electrons. The summed E-state index contributed by atoms with van der Waals surface area (Å²) < 4.78 is 5.73. The van der Waals surface area contributed by atoms with Crippen molar-refractivity contribution in [2.24, 2.45) is 0 Å². The molecule has 0 bridgehead atoms. The monoisotopic (exact) mass is 364 g/mol. The molecule has 0 N–H and O–H groups in total. The topological polar surface area (TPSA) is 42.4 Å².